The van der Waals surface area contributed by atoms with Crippen LogP contribution in [0.25, 0.3) is 10.2 Å². The van der Waals surface area contributed by atoms with E-state index in [9.17, 15) is 4.79 Å². The number of carbonyl (C=O) groups is 1. The molecular formula is C15H18N4OS. The summed E-state index contributed by atoms with van der Waals surface area (Å²) in [4.78, 5) is 20.6. The van der Waals surface area contributed by atoms with E-state index in [1.165, 1.54) is 10.4 Å². The topological polar surface area (TPSA) is 48.5 Å². The van der Waals surface area contributed by atoms with Gasteiger partial charge < -0.3 is 15.1 Å². The van der Waals surface area contributed by atoms with Crippen LogP contribution in [-0.4, -0.2) is 48.1 Å². The van der Waals surface area contributed by atoms with Gasteiger partial charge in [-0.25, -0.2) is 4.79 Å². The fourth-order valence-electron chi connectivity index (χ4n) is 3.36. The van der Waals surface area contributed by atoms with Gasteiger partial charge in [0.15, 0.2) is 0 Å². The van der Waals surface area contributed by atoms with E-state index in [-0.39, 0.29) is 6.03 Å². The molecule has 5 nitrogen and oxygen atoms in total. The zero-order valence-corrected chi connectivity index (χ0v) is 12.6. The Morgan fingerprint density at radius 2 is 2.10 bits per heavy atom. The highest BCUT2D eigenvalue weighted by Crippen LogP contribution is 2.32. The van der Waals surface area contributed by atoms with Crippen LogP contribution in [0.3, 0.4) is 0 Å². The van der Waals surface area contributed by atoms with Crippen LogP contribution in [0, 0.1) is 0 Å². The maximum atomic E-state index is 11.8. The average molecular weight is 302 g/mol. The standard InChI is InChI=1S/C15H18N4OS/c20-15-17-6-9-19(15)11-2-7-18(8-3-11)13-1-5-16-12-4-10-21-14(12)13/h1,4-5,10-11H,2-3,6-9H2,(H,17,20). The second-order valence-corrected chi connectivity index (χ2v) is 6.52. The third kappa shape index (κ3) is 2.23. The summed E-state index contributed by atoms with van der Waals surface area (Å²) in [6.07, 6.45) is 3.98. The van der Waals surface area contributed by atoms with Gasteiger partial charge in [-0.15, -0.1) is 11.3 Å². The zero-order valence-electron chi connectivity index (χ0n) is 11.8. The van der Waals surface area contributed by atoms with Crippen LogP contribution in [0.15, 0.2) is 23.7 Å². The Kier molecular flexibility index (Phi) is 3.18. The minimum Gasteiger partial charge on any atom is -0.370 e. The van der Waals surface area contributed by atoms with Crippen molar-refractivity contribution in [3.05, 3.63) is 23.7 Å². The number of amides is 2. The summed E-state index contributed by atoms with van der Waals surface area (Å²) in [7, 11) is 0. The highest BCUT2D eigenvalue weighted by atomic mass is 32.1. The van der Waals surface area contributed by atoms with E-state index >= 15 is 0 Å². The predicted octanol–water partition coefficient (Wildman–Crippen LogP) is 2.29. The number of thiophene rings is 1. The first kappa shape index (κ1) is 12.9. The van der Waals surface area contributed by atoms with Gasteiger partial charge in [0.25, 0.3) is 0 Å². The molecule has 4 heterocycles. The van der Waals surface area contributed by atoms with E-state index in [1.807, 2.05) is 11.1 Å². The number of urea groups is 1. The van der Waals surface area contributed by atoms with E-state index < -0.39 is 0 Å². The predicted molar refractivity (Wildman–Crippen MR) is 85.0 cm³/mol. The Bertz CT molecular complexity index is 662. The van der Waals surface area contributed by atoms with Gasteiger partial charge in [0, 0.05) is 38.4 Å². The number of carbonyl (C=O) groups excluding carboxylic acids is 1. The molecule has 2 amide bonds. The van der Waals surface area contributed by atoms with Crippen LogP contribution >= 0.6 is 11.3 Å². The van der Waals surface area contributed by atoms with Crippen molar-refractivity contribution in [3.8, 4) is 0 Å². The summed E-state index contributed by atoms with van der Waals surface area (Å²) in [6, 6.07) is 4.69. The van der Waals surface area contributed by atoms with Gasteiger partial charge in [0.1, 0.15) is 0 Å². The molecule has 0 unspecified atom stereocenters. The summed E-state index contributed by atoms with van der Waals surface area (Å²) < 4.78 is 1.27. The molecule has 2 fully saturated rings. The molecule has 0 bridgehead atoms. The van der Waals surface area contributed by atoms with Gasteiger partial charge in [0.2, 0.25) is 0 Å². The van der Waals surface area contributed by atoms with Gasteiger partial charge in [0.05, 0.1) is 15.9 Å². The number of hydrogen-bond acceptors (Lipinski definition) is 4. The van der Waals surface area contributed by atoms with Crippen LogP contribution in [0.1, 0.15) is 12.8 Å². The number of nitrogens with one attached hydrogen (secondary N) is 1. The summed E-state index contributed by atoms with van der Waals surface area (Å²) in [5.41, 5.74) is 2.37. The van der Waals surface area contributed by atoms with Gasteiger partial charge >= 0.3 is 6.03 Å². The quantitative estimate of drug-likeness (QED) is 0.926. The molecule has 2 aromatic heterocycles. The fraction of sp³-hybridized carbons (Fsp3) is 0.467. The molecule has 21 heavy (non-hydrogen) atoms. The van der Waals surface area contributed by atoms with Crippen molar-refractivity contribution in [3.63, 3.8) is 0 Å². The molecule has 110 valence electrons. The van der Waals surface area contributed by atoms with Gasteiger partial charge in [-0.3, -0.25) is 4.98 Å². The number of pyridine rings is 1. The van der Waals surface area contributed by atoms with E-state index in [0.717, 1.165) is 44.5 Å². The highest BCUT2D eigenvalue weighted by molar-refractivity contribution is 7.17. The van der Waals surface area contributed by atoms with Gasteiger partial charge in [-0.1, -0.05) is 0 Å². The maximum Gasteiger partial charge on any atom is 0.317 e. The first-order chi connectivity index (χ1) is 10.3. The van der Waals surface area contributed by atoms with Crippen molar-refractivity contribution < 1.29 is 4.79 Å². The lowest BCUT2D eigenvalue weighted by molar-refractivity contribution is 0.186. The minimum absolute atomic E-state index is 0.109. The Morgan fingerprint density at radius 3 is 2.86 bits per heavy atom. The lowest BCUT2D eigenvalue weighted by Crippen LogP contribution is -2.46. The van der Waals surface area contributed by atoms with Crippen LogP contribution in [0.4, 0.5) is 10.5 Å². The molecule has 0 radical (unpaired) electrons. The molecule has 1 N–H and O–H groups in total. The highest BCUT2D eigenvalue weighted by Gasteiger charge is 2.31. The molecule has 0 spiro atoms. The number of anilines is 1. The van der Waals surface area contributed by atoms with E-state index in [2.05, 4.69) is 32.7 Å². The van der Waals surface area contributed by atoms with Crippen molar-refractivity contribution in [2.75, 3.05) is 31.1 Å². The number of rotatable bonds is 2. The first-order valence-corrected chi connectivity index (χ1v) is 8.32. The molecule has 2 aliphatic heterocycles. The largest absolute Gasteiger partial charge is 0.370 e. The molecule has 6 heteroatoms. The van der Waals surface area contributed by atoms with Crippen molar-refractivity contribution in [1.82, 2.24) is 15.2 Å². The molecule has 0 aromatic carbocycles. The van der Waals surface area contributed by atoms with Gasteiger partial charge in [-0.05, 0) is 30.4 Å². The minimum atomic E-state index is 0.109. The smallest absolute Gasteiger partial charge is 0.317 e. The number of aromatic nitrogens is 1. The fourth-order valence-corrected chi connectivity index (χ4v) is 4.25. The van der Waals surface area contributed by atoms with Crippen molar-refractivity contribution >= 4 is 33.3 Å². The Balaban J connectivity index is 1.50. The van der Waals surface area contributed by atoms with Crippen molar-refractivity contribution in [1.29, 1.82) is 0 Å². The van der Waals surface area contributed by atoms with E-state index in [1.54, 1.807) is 11.3 Å². The first-order valence-electron chi connectivity index (χ1n) is 7.44. The number of nitrogens with zero attached hydrogens (tertiary/aromatic N) is 3. The molecule has 0 saturated carbocycles. The van der Waals surface area contributed by atoms with Crippen LogP contribution in [0.5, 0.6) is 0 Å². The Morgan fingerprint density at radius 1 is 1.24 bits per heavy atom. The monoisotopic (exact) mass is 302 g/mol. The lowest BCUT2D eigenvalue weighted by Gasteiger charge is -2.37. The second kappa shape index (κ2) is 5.18. The van der Waals surface area contributed by atoms with Crippen molar-refractivity contribution in [2.45, 2.75) is 18.9 Å². The summed E-state index contributed by atoms with van der Waals surface area (Å²) >= 11 is 1.76. The molecule has 2 aromatic rings. The summed E-state index contributed by atoms with van der Waals surface area (Å²) in [5.74, 6) is 0. The van der Waals surface area contributed by atoms with E-state index in [0.29, 0.717) is 6.04 Å². The molecule has 4 rings (SSSR count). The third-order valence-corrected chi connectivity index (χ3v) is 5.38. The summed E-state index contributed by atoms with van der Waals surface area (Å²) in [6.45, 7) is 3.66. The molecule has 0 aliphatic carbocycles. The third-order valence-electron chi connectivity index (χ3n) is 4.46. The Hall–Kier alpha value is -1.82. The lowest BCUT2D eigenvalue weighted by atomic mass is 10.0. The molecule has 0 atom stereocenters. The zero-order chi connectivity index (χ0) is 14.2. The average Bonchev–Trinajstić information content (AvgIpc) is 3.15. The number of fused-ring (bicyclic) bond motifs is 1. The Labute approximate surface area is 127 Å². The summed E-state index contributed by atoms with van der Waals surface area (Å²) in [5, 5.41) is 5.00. The van der Waals surface area contributed by atoms with Crippen molar-refractivity contribution in [2.24, 2.45) is 0 Å². The van der Waals surface area contributed by atoms with Crippen LogP contribution in [0.2, 0.25) is 0 Å². The van der Waals surface area contributed by atoms with Crippen LogP contribution in [-0.2, 0) is 0 Å². The second-order valence-electron chi connectivity index (χ2n) is 5.61. The molecule has 2 saturated heterocycles. The maximum absolute atomic E-state index is 11.8. The molecular weight excluding hydrogens is 284 g/mol. The number of piperidine rings is 1. The van der Waals surface area contributed by atoms with E-state index in [4.69, 9.17) is 0 Å². The normalized spacial score (nSPS) is 20.3. The SMILES string of the molecule is O=C1NCCN1C1CCN(c2ccnc3ccsc23)CC1. The molecule has 2 aliphatic rings. The van der Waals surface area contributed by atoms with Crippen LogP contribution < -0.4 is 10.2 Å². The number of hydrogen-bond donors (Lipinski definition) is 1. The van der Waals surface area contributed by atoms with Gasteiger partial charge in [-0.2, -0.15) is 0 Å².